The number of aryl methyl sites for hydroxylation is 2. The van der Waals surface area contributed by atoms with Crippen molar-refractivity contribution >= 4 is 5.78 Å². The minimum atomic E-state index is -1.76. The van der Waals surface area contributed by atoms with E-state index in [2.05, 4.69) is 0 Å². The van der Waals surface area contributed by atoms with E-state index in [-0.39, 0.29) is 18.6 Å². The van der Waals surface area contributed by atoms with Gasteiger partial charge in [0.05, 0.1) is 0 Å². The van der Waals surface area contributed by atoms with Gasteiger partial charge in [-0.05, 0) is 30.9 Å². The molecule has 20 heavy (non-hydrogen) atoms. The third-order valence-electron chi connectivity index (χ3n) is 4.03. The highest BCUT2D eigenvalue weighted by molar-refractivity contribution is 6.04. The number of ketones is 1. The van der Waals surface area contributed by atoms with Crippen molar-refractivity contribution in [3.8, 4) is 0 Å². The van der Waals surface area contributed by atoms with E-state index in [1.807, 2.05) is 43.3 Å². The quantitative estimate of drug-likeness (QED) is 0.802. The number of halogens is 1. The summed E-state index contributed by atoms with van der Waals surface area (Å²) in [4.78, 5) is 12.5. The fourth-order valence-corrected chi connectivity index (χ4v) is 2.96. The zero-order valence-corrected chi connectivity index (χ0v) is 11.5. The van der Waals surface area contributed by atoms with Crippen molar-refractivity contribution in [1.82, 2.24) is 0 Å². The molecule has 1 nitrogen and oxygen atoms in total. The van der Waals surface area contributed by atoms with Crippen LogP contribution in [0.5, 0.6) is 0 Å². The summed E-state index contributed by atoms with van der Waals surface area (Å²) in [7, 11) is 0. The van der Waals surface area contributed by atoms with Crippen molar-refractivity contribution in [2.24, 2.45) is 0 Å². The monoisotopic (exact) mass is 268 g/mol. The Bertz CT molecular complexity index is 662. The van der Waals surface area contributed by atoms with Gasteiger partial charge in [-0.2, -0.15) is 0 Å². The minimum absolute atomic E-state index is 0.168. The van der Waals surface area contributed by atoms with E-state index in [4.69, 9.17) is 0 Å². The van der Waals surface area contributed by atoms with Crippen LogP contribution in [-0.2, 0) is 12.8 Å². The van der Waals surface area contributed by atoms with Gasteiger partial charge in [0.2, 0.25) is 5.78 Å². The van der Waals surface area contributed by atoms with E-state index in [0.29, 0.717) is 12.0 Å². The maximum Gasteiger partial charge on any atom is 0.200 e. The van der Waals surface area contributed by atoms with Gasteiger partial charge < -0.3 is 0 Å². The molecular weight excluding hydrogens is 251 g/mol. The minimum Gasteiger partial charge on any atom is -0.291 e. The highest BCUT2D eigenvalue weighted by Crippen LogP contribution is 2.34. The zero-order chi connectivity index (χ0) is 14.2. The maximum absolute atomic E-state index is 15.1. The average molecular weight is 268 g/mol. The molecule has 0 unspecified atom stereocenters. The van der Waals surface area contributed by atoms with Crippen LogP contribution in [0, 0.1) is 6.92 Å². The Balaban J connectivity index is 1.92. The lowest BCUT2D eigenvalue weighted by Crippen LogP contribution is -2.40. The topological polar surface area (TPSA) is 17.1 Å². The number of alkyl halides is 1. The molecule has 0 radical (unpaired) electrons. The number of benzene rings is 2. The summed E-state index contributed by atoms with van der Waals surface area (Å²) in [5.41, 5.74) is 1.74. The van der Waals surface area contributed by atoms with E-state index in [0.717, 1.165) is 16.7 Å². The van der Waals surface area contributed by atoms with Gasteiger partial charge in [-0.1, -0.05) is 54.1 Å². The van der Waals surface area contributed by atoms with Crippen molar-refractivity contribution in [3.63, 3.8) is 0 Å². The second-order valence-electron chi connectivity index (χ2n) is 5.62. The molecule has 0 bridgehead atoms. The zero-order valence-electron chi connectivity index (χ0n) is 11.5. The molecule has 0 amide bonds. The first-order valence-corrected chi connectivity index (χ1v) is 6.96. The standard InChI is InChI=1S/C18H17FO/c1-13-5-4-6-14(11-13)12-18(19)10-9-15-7-2-3-8-16(15)17(18)20/h2-8,11H,9-10,12H2,1H3/t18-/m0/s1. The van der Waals surface area contributed by atoms with Crippen LogP contribution in [0.1, 0.15) is 33.5 Å². The first kappa shape index (κ1) is 13.0. The molecule has 0 spiro atoms. The second-order valence-corrected chi connectivity index (χ2v) is 5.62. The maximum atomic E-state index is 15.1. The van der Waals surface area contributed by atoms with E-state index >= 15 is 4.39 Å². The molecule has 0 saturated heterocycles. The van der Waals surface area contributed by atoms with Crippen molar-refractivity contribution in [1.29, 1.82) is 0 Å². The van der Waals surface area contributed by atoms with Gasteiger partial charge in [0.1, 0.15) is 0 Å². The van der Waals surface area contributed by atoms with Crippen LogP contribution in [0.2, 0.25) is 0 Å². The normalized spacial score (nSPS) is 21.6. The summed E-state index contributed by atoms with van der Waals surface area (Å²) >= 11 is 0. The van der Waals surface area contributed by atoms with Gasteiger partial charge in [-0.3, -0.25) is 4.79 Å². The molecule has 0 saturated carbocycles. The molecule has 102 valence electrons. The second kappa shape index (κ2) is 4.86. The van der Waals surface area contributed by atoms with Crippen molar-refractivity contribution < 1.29 is 9.18 Å². The van der Waals surface area contributed by atoms with Crippen molar-refractivity contribution in [3.05, 3.63) is 70.8 Å². The molecule has 0 heterocycles. The van der Waals surface area contributed by atoms with E-state index in [1.165, 1.54) is 0 Å². The molecule has 2 aromatic carbocycles. The molecule has 1 aliphatic rings. The number of fused-ring (bicyclic) bond motifs is 1. The summed E-state index contributed by atoms with van der Waals surface area (Å²) in [6, 6.07) is 15.1. The fourth-order valence-electron chi connectivity index (χ4n) is 2.96. The van der Waals surface area contributed by atoms with Crippen LogP contribution in [0.25, 0.3) is 0 Å². The van der Waals surface area contributed by atoms with Crippen LogP contribution in [-0.4, -0.2) is 11.5 Å². The van der Waals surface area contributed by atoms with Gasteiger partial charge in [0, 0.05) is 12.0 Å². The van der Waals surface area contributed by atoms with E-state index < -0.39 is 5.67 Å². The van der Waals surface area contributed by atoms with Gasteiger partial charge in [-0.25, -0.2) is 4.39 Å². The lowest BCUT2D eigenvalue weighted by atomic mass is 9.77. The first-order valence-electron chi connectivity index (χ1n) is 6.96. The fraction of sp³-hybridized carbons (Fsp3) is 0.278. The number of rotatable bonds is 2. The predicted octanol–water partition coefficient (Wildman–Crippen LogP) is 4.07. The molecule has 1 aliphatic carbocycles. The van der Waals surface area contributed by atoms with E-state index in [9.17, 15) is 4.79 Å². The number of carbonyl (C=O) groups excluding carboxylic acids is 1. The molecule has 0 aliphatic heterocycles. The highest BCUT2D eigenvalue weighted by Gasteiger charge is 2.42. The number of carbonyl (C=O) groups is 1. The van der Waals surface area contributed by atoms with Crippen molar-refractivity contribution in [2.45, 2.75) is 31.9 Å². The van der Waals surface area contributed by atoms with Crippen LogP contribution in [0.3, 0.4) is 0 Å². The summed E-state index contributed by atoms with van der Waals surface area (Å²) < 4.78 is 15.1. The molecule has 2 aromatic rings. The molecule has 0 N–H and O–H groups in total. The molecule has 1 atom stereocenters. The van der Waals surface area contributed by atoms with Crippen LogP contribution >= 0.6 is 0 Å². The van der Waals surface area contributed by atoms with Crippen LogP contribution in [0.15, 0.2) is 48.5 Å². The van der Waals surface area contributed by atoms with Crippen LogP contribution in [0.4, 0.5) is 4.39 Å². The van der Waals surface area contributed by atoms with Gasteiger partial charge in [0.15, 0.2) is 5.67 Å². The van der Waals surface area contributed by atoms with Crippen LogP contribution < -0.4 is 0 Å². The van der Waals surface area contributed by atoms with Gasteiger partial charge in [-0.15, -0.1) is 0 Å². The smallest absolute Gasteiger partial charge is 0.200 e. The Morgan fingerprint density at radius 1 is 1.15 bits per heavy atom. The molecule has 0 aromatic heterocycles. The Morgan fingerprint density at radius 2 is 1.95 bits per heavy atom. The number of hydrogen-bond donors (Lipinski definition) is 0. The van der Waals surface area contributed by atoms with Crippen molar-refractivity contribution in [2.75, 3.05) is 0 Å². The number of hydrogen-bond acceptors (Lipinski definition) is 1. The molecule has 3 rings (SSSR count). The van der Waals surface area contributed by atoms with Gasteiger partial charge in [0.25, 0.3) is 0 Å². The summed E-state index contributed by atoms with van der Waals surface area (Å²) in [6.07, 6.45) is 1.07. The third-order valence-corrected chi connectivity index (χ3v) is 4.03. The first-order chi connectivity index (χ1) is 9.58. The Hall–Kier alpha value is -1.96. The SMILES string of the molecule is Cc1cccc(C[C@@]2(F)CCc3ccccc3C2=O)c1. The third kappa shape index (κ3) is 2.26. The Labute approximate surface area is 118 Å². The summed E-state index contributed by atoms with van der Waals surface area (Å²) in [5.74, 6) is -0.360. The number of Topliss-reactive ketones (excluding diaryl/α,β-unsaturated/α-hetero) is 1. The summed E-state index contributed by atoms with van der Waals surface area (Å²) in [6.45, 7) is 1.98. The Morgan fingerprint density at radius 3 is 2.75 bits per heavy atom. The largest absolute Gasteiger partial charge is 0.291 e. The van der Waals surface area contributed by atoms with E-state index in [1.54, 1.807) is 12.1 Å². The Kier molecular flexibility index (Phi) is 3.17. The average Bonchev–Trinajstić information content (AvgIpc) is 2.44. The van der Waals surface area contributed by atoms with Gasteiger partial charge >= 0.3 is 0 Å². The lowest BCUT2D eigenvalue weighted by Gasteiger charge is -2.29. The lowest BCUT2D eigenvalue weighted by molar-refractivity contribution is 0.0637. The molecular formula is C18H17FO. The molecule has 2 heteroatoms. The summed E-state index contributed by atoms with van der Waals surface area (Å²) in [5, 5.41) is 0. The highest BCUT2D eigenvalue weighted by atomic mass is 19.1. The predicted molar refractivity (Wildman–Crippen MR) is 77.8 cm³/mol. The molecule has 0 fully saturated rings.